The summed E-state index contributed by atoms with van der Waals surface area (Å²) in [5, 5.41) is 15.1. The predicted octanol–water partition coefficient (Wildman–Crippen LogP) is 5.76. The minimum Gasteiger partial charge on any atom is -0.390 e. The van der Waals surface area contributed by atoms with Gasteiger partial charge in [-0.1, -0.05) is 17.7 Å². The van der Waals surface area contributed by atoms with E-state index in [-0.39, 0.29) is 44.7 Å². The van der Waals surface area contributed by atoms with Gasteiger partial charge in [-0.3, -0.25) is 14.6 Å². The zero-order chi connectivity index (χ0) is 27.4. The molecule has 3 aromatic carbocycles. The molecular weight excluding hydrogens is 533 g/mol. The average Bonchev–Trinajstić information content (AvgIpc) is 3.21. The lowest BCUT2D eigenvalue weighted by molar-refractivity contribution is -0.137. The molecule has 0 spiro atoms. The molecule has 1 atom stereocenters. The van der Waals surface area contributed by atoms with Gasteiger partial charge in [-0.2, -0.15) is 13.2 Å². The SMILES string of the molecule is O=C(Nc1cc2nc(CO)ccc2c2c1C(c1cc(F)ccc1Cl)NC2=O)c1cc(F)cc(C(F)(F)F)c1. The van der Waals surface area contributed by atoms with Crippen LogP contribution >= 0.6 is 11.6 Å². The molecule has 6 nitrogen and oxygen atoms in total. The summed E-state index contributed by atoms with van der Waals surface area (Å²) >= 11 is 6.29. The van der Waals surface area contributed by atoms with Crippen molar-refractivity contribution in [3.8, 4) is 0 Å². The maximum atomic E-state index is 14.1. The first-order chi connectivity index (χ1) is 18.0. The van der Waals surface area contributed by atoms with Crippen molar-refractivity contribution in [3.63, 3.8) is 0 Å². The van der Waals surface area contributed by atoms with Gasteiger partial charge in [0.15, 0.2) is 0 Å². The summed E-state index contributed by atoms with van der Waals surface area (Å²) in [6.07, 6.45) is -4.90. The van der Waals surface area contributed by atoms with Gasteiger partial charge in [-0.25, -0.2) is 8.78 Å². The maximum Gasteiger partial charge on any atom is 0.416 e. The van der Waals surface area contributed by atoms with Gasteiger partial charge in [-0.05, 0) is 48.5 Å². The topological polar surface area (TPSA) is 91.3 Å². The quantitative estimate of drug-likeness (QED) is 0.283. The fourth-order valence-corrected chi connectivity index (χ4v) is 4.62. The van der Waals surface area contributed by atoms with E-state index in [9.17, 15) is 36.6 Å². The molecule has 12 heteroatoms. The summed E-state index contributed by atoms with van der Waals surface area (Å²) in [6, 6.07) is 8.24. The number of alkyl halides is 3. The highest BCUT2D eigenvalue weighted by Crippen LogP contribution is 2.42. The Balaban J connectivity index is 1.70. The number of pyridine rings is 1. The molecule has 1 aromatic heterocycles. The molecule has 0 radical (unpaired) electrons. The fourth-order valence-electron chi connectivity index (χ4n) is 4.39. The number of amides is 2. The lowest BCUT2D eigenvalue weighted by atomic mass is 9.93. The van der Waals surface area contributed by atoms with Crippen LogP contribution in [0.3, 0.4) is 0 Å². The van der Waals surface area contributed by atoms with Crippen LogP contribution in [0.15, 0.2) is 54.6 Å². The van der Waals surface area contributed by atoms with Gasteiger partial charge in [-0.15, -0.1) is 0 Å². The lowest BCUT2D eigenvalue weighted by Gasteiger charge is -2.19. The van der Waals surface area contributed by atoms with E-state index in [4.69, 9.17) is 11.6 Å². The van der Waals surface area contributed by atoms with Crippen molar-refractivity contribution in [1.29, 1.82) is 0 Å². The van der Waals surface area contributed by atoms with Gasteiger partial charge in [0.05, 0.1) is 35.0 Å². The van der Waals surface area contributed by atoms with Crippen LogP contribution in [0.2, 0.25) is 5.02 Å². The Morgan fingerprint density at radius 1 is 1.05 bits per heavy atom. The molecule has 0 saturated carbocycles. The van der Waals surface area contributed by atoms with Crippen LogP contribution < -0.4 is 10.6 Å². The van der Waals surface area contributed by atoms with Crippen LogP contribution in [0.4, 0.5) is 27.6 Å². The first-order valence-corrected chi connectivity index (χ1v) is 11.4. The summed E-state index contributed by atoms with van der Waals surface area (Å²) in [4.78, 5) is 30.4. The minimum absolute atomic E-state index is 0.0541. The number of benzene rings is 3. The van der Waals surface area contributed by atoms with Crippen LogP contribution in [0, 0.1) is 11.6 Å². The van der Waals surface area contributed by atoms with E-state index in [1.54, 1.807) is 0 Å². The molecule has 3 N–H and O–H groups in total. The third kappa shape index (κ3) is 4.54. The van der Waals surface area contributed by atoms with E-state index in [1.807, 2.05) is 0 Å². The largest absolute Gasteiger partial charge is 0.416 e. The number of aliphatic hydroxyl groups excluding tert-OH is 1. The maximum absolute atomic E-state index is 14.1. The number of hydrogen-bond acceptors (Lipinski definition) is 4. The monoisotopic (exact) mass is 547 g/mol. The molecule has 2 heterocycles. The molecule has 0 saturated heterocycles. The Kier molecular flexibility index (Phi) is 6.28. The lowest BCUT2D eigenvalue weighted by Crippen LogP contribution is -2.21. The van der Waals surface area contributed by atoms with Crippen molar-refractivity contribution in [3.05, 3.63) is 105 Å². The summed E-state index contributed by atoms with van der Waals surface area (Å²) in [6.45, 7) is -0.425. The van der Waals surface area contributed by atoms with Crippen molar-refractivity contribution in [2.75, 3.05) is 5.32 Å². The van der Waals surface area contributed by atoms with E-state index >= 15 is 0 Å². The van der Waals surface area contributed by atoms with Gasteiger partial charge < -0.3 is 15.7 Å². The Morgan fingerprint density at radius 3 is 2.53 bits per heavy atom. The highest BCUT2D eigenvalue weighted by atomic mass is 35.5. The summed E-state index contributed by atoms with van der Waals surface area (Å²) in [7, 11) is 0. The van der Waals surface area contributed by atoms with Crippen LogP contribution in [-0.2, 0) is 12.8 Å². The van der Waals surface area contributed by atoms with Crippen LogP contribution in [0.5, 0.6) is 0 Å². The number of carbonyl (C=O) groups is 2. The van der Waals surface area contributed by atoms with Crippen molar-refractivity contribution in [2.24, 2.45) is 0 Å². The number of aromatic nitrogens is 1. The van der Waals surface area contributed by atoms with E-state index in [0.29, 0.717) is 17.5 Å². The molecule has 1 aliphatic rings. The Bertz CT molecular complexity index is 1640. The average molecular weight is 548 g/mol. The van der Waals surface area contributed by atoms with E-state index in [0.717, 1.165) is 12.1 Å². The smallest absolute Gasteiger partial charge is 0.390 e. The predicted molar refractivity (Wildman–Crippen MR) is 128 cm³/mol. The van der Waals surface area contributed by atoms with Crippen LogP contribution in [-0.4, -0.2) is 21.9 Å². The zero-order valence-electron chi connectivity index (χ0n) is 19.0. The second kappa shape index (κ2) is 9.34. The minimum atomic E-state index is -4.90. The van der Waals surface area contributed by atoms with Gasteiger partial charge in [0, 0.05) is 32.8 Å². The Labute approximate surface area is 216 Å². The van der Waals surface area contributed by atoms with E-state index < -0.39 is 53.4 Å². The van der Waals surface area contributed by atoms with Gasteiger partial charge in [0.25, 0.3) is 11.8 Å². The van der Waals surface area contributed by atoms with Gasteiger partial charge >= 0.3 is 6.18 Å². The highest BCUT2D eigenvalue weighted by Gasteiger charge is 2.37. The molecule has 1 unspecified atom stereocenters. The second-order valence-electron chi connectivity index (χ2n) is 8.49. The number of halogens is 6. The zero-order valence-corrected chi connectivity index (χ0v) is 19.7. The Hall–Kier alpha value is -4.09. The number of nitrogens with zero attached hydrogens (tertiary/aromatic N) is 1. The molecule has 2 amide bonds. The molecule has 4 aromatic rings. The molecule has 0 bridgehead atoms. The van der Waals surface area contributed by atoms with E-state index in [2.05, 4.69) is 15.6 Å². The van der Waals surface area contributed by atoms with Crippen molar-refractivity contribution in [2.45, 2.75) is 18.8 Å². The van der Waals surface area contributed by atoms with Gasteiger partial charge in [0.2, 0.25) is 0 Å². The van der Waals surface area contributed by atoms with Gasteiger partial charge in [0.1, 0.15) is 11.6 Å². The third-order valence-corrected chi connectivity index (χ3v) is 6.39. The normalized spacial score (nSPS) is 14.9. The molecule has 5 rings (SSSR count). The number of fused-ring (bicyclic) bond motifs is 3. The number of hydrogen-bond donors (Lipinski definition) is 3. The van der Waals surface area contributed by atoms with Crippen molar-refractivity contribution in [1.82, 2.24) is 10.3 Å². The summed E-state index contributed by atoms with van der Waals surface area (Å²) < 4.78 is 67.7. The molecule has 0 aliphatic carbocycles. The summed E-state index contributed by atoms with van der Waals surface area (Å²) in [5.41, 5.74) is -1.22. The fraction of sp³-hybridized carbons (Fsp3) is 0.115. The standard InChI is InChI=1S/C26H15ClF5N3O3/c27-18-4-1-13(28)8-17(18)23-22-20(34-24(37)11-5-12(26(30,31)32)7-14(29)6-11)9-19-16(21(22)25(38)35-23)3-2-15(10-36)33-19/h1-9,23,36H,10H2,(H,34,37)(H,35,38). The van der Waals surface area contributed by atoms with Crippen molar-refractivity contribution < 1.29 is 36.6 Å². The number of rotatable bonds is 4. The number of carbonyl (C=O) groups excluding carboxylic acids is 2. The second-order valence-corrected chi connectivity index (χ2v) is 8.90. The molecule has 38 heavy (non-hydrogen) atoms. The van der Waals surface area contributed by atoms with Crippen LogP contribution in [0.1, 0.15) is 49.1 Å². The number of aliphatic hydroxyl groups is 1. The molecular formula is C26H15ClF5N3O3. The van der Waals surface area contributed by atoms with E-state index in [1.165, 1.54) is 24.3 Å². The molecule has 1 aliphatic heterocycles. The Morgan fingerprint density at radius 2 is 1.82 bits per heavy atom. The molecule has 0 fully saturated rings. The first-order valence-electron chi connectivity index (χ1n) is 11.0. The first kappa shape index (κ1) is 25.6. The highest BCUT2D eigenvalue weighted by molar-refractivity contribution is 6.31. The number of anilines is 1. The number of nitrogens with one attached hydrogen (secondary N) is 2. The molecule has 194 valence electrons. The van der Waals surface area contributed by atoms with Crippen LogP contribution in [0.25, 0.3) is 10.9 Å². The van der Waals surface area contributed by atoms with Crippen molar-refractivity contribution >= 4 is 40.0 Å². The third-order valence-electron chi connectivity index (χ3n) is 6.05. The summed E-state index contributed by atoms with van der Waals surface area (Å²) in [5.74, 6) is -3.62.